The van der Waals surface area contributed by atoms with E-state index in [2.05, 4.69) is 12.2 Å². The van der Waals surface area contributed by atoms with E-state index in [0.717, 1.165) is 49.7 Å². The highest BCUT2D eigenvalue weighted by molar-refractivity contribution is 5.85. The molecule has 1 amide bonds. The third kappa shape index (κ3) is 2.19. The van der Waals surface area contributed by atoms with E-state index < -0.39 is 0 Å². The van der Waals surface area contributed by atoms with Crippen LogP contribution in [0.25, 0.3) is 0 Å². The maximum atomic E-state index is 12.6. The minimum atomic E-state index is -0.0881. The number of aromatic hydroxyl groups is 1. The SMILES string of the molecule is CCC1(NC(=O)C2CCCc3c(O)cccc32)CCC1. The second kappa shape index (κ2) is 5.12. The van der Waals surface area contributed by atoms with E-state index in [1.807, 2.05) is 12.1 Å². The highest BCUT2D eigenvalue weighted by Gasteiger charge is 2.39. The van der Waals surface area contributed by atoms with E-state index in [1.54, 1.807) is 6.07 Å². The molecule has 1 fully saturated rings. The summed E-state index contributed by atoms with van der Waals surface area (Å²) in [5.41, 5.74) is 2.04. The Morgan fingerprint density at radius 1 is 1.40 bits per heavy atom. The third-order valence-electron chi connectivity index (χ3n) is 5.17. The number of carbonyl (C=O) groups excluding carboxylic acids is 1. The number of hydrogen-bond donors (Lipinski definition) is 2. The van der Waals surface area contributed by atoms with Gasteiger partial charge in [0.25, 0.3) is 0 Å². The average molecular weight is 273 g/mol. The molecular formula is C17H23NO2. The van der Waals surface area contributed by atoms with Gasteiger partial charge in [0.05, 0.1) is 5.92 Å². The number of rotatable bonds is 3. The Morgan fingerprint density at radius 2 is 2.20 bits per heavy atom. The standard InChI is InChI=1S/C17H23NO2/c1-2-17(10-5-11-17)18-16(20)14-8-3-7-13-12(14)6-4-9-15(13)19/h4,6,9,14,19H,2-3,5,7-8,10-11H2,1H3,(H,18,20). The van der Waals surface area contributed by atoms with Crippen LogP contribution < -0.4 is 5.32 Å². The van der Waals surface area contributed by atoms with Crippen LogP contribution in [0.2, 0.25) is 0 Å². The van der Waals surface area contributed by atoms with Crippen molar-refractivity contribution in [1.29, 1.82) is 0 Å². The number of fused-ring (bicyclic) bond motifs is 1. The first-order chi connectivity index (χ1) is 9.65. The molecule has 1 atom stereocenters. The van der Waals surface area contributed by atoms with Gasteiger partial charge in [-0.3, -0.25) is 4.79 Å². The van der Waals surface area contributed by atoms with E-state index in [0.29, 0.717) is 5.75 Å². The van der Waals surface area contributed by atoms with Crippen LogP contribution in [0.4, 0.5) is 0 Å². The van der Waals surface area contributed by atoms with Crippen molar-refractivity contribution in [3.05, 3.63) is 29.3 Å². The van der Waals surface area contributed by atoms with Gasteiger partial charge < -0.3 is 10.4 Å². The van der Waals surface area contributed by atoms with Crippen molar-refractivity contribution < 1.29 is 9.90 Å². The van der Waals surface area contributed by atoms with Gasteiger partial charge in [0, 0.05) is 5.54 Å². The van der Waals surface area contributed by atoms with E-state index in [9.17, 15) is 9.90 Å². The van der Waals surface area contributed by atoms with Crippen molar-refractivity contribution >= 4 is 5.91 Å². The van der Waals surface area contributed by atoms with E-state index in [4.69, 9.17) is 0 Å². The molecule has 1 aromatic rings. The number of benzene rings is 1. The highest BCUT2D eigenvalue weighted by atomic mass is 16.3. The molecule has 1 aromatic carbocycles. The number of hydrogen-bond acceptors (Lipinski definition) is 2. The lowest BCUT2D eigenvalue weighted by molar-refractivity contribution is -0.126. The number of phenolic OH excluding ortho intramolecular Hbond substituents is 1. The summed E-state index contributed by atoms with van der Waals surface area (Å²) in [5, 5.41) is 13.2. The summed E-state index contributed by atoms with van der Waals surface area (Å²) in [5.74, 6) is 0.404. The van der Waals surface area contributed by atoms with Crippen molar-refractivity contribution in [2.24, 2.45) is 0 Å². The topological polar surface area (TPSA) is 49.3 Å². The lowest BCUT2D eigenvalue weighted by Gasteiger charge is -2.43. The number of carbonyl (C=O) groups is 1. The first-order valence-corrected chi connectivity index (χ1v) is 7.78. The van der Waals surface area contributed by atoms with E-state index in [1.165, 1.54) is 6.42 Å². The normalized spacial score (nSPS) is 23.6. The molecule has 2 aliphatic carbocycles. The predicted molar refractivity (Wildman–Crippen MR) is 78.8 cm³/mol. The van der Waals surface area contributed by atoms with Crippen LogP contribution in [-0.4, -0.2) is 16.6 Å². The van der Waals surface area contributed by atoms with Gasteiger partial charge in [-0.05, 0) is 62.1 Å². The van der Waals surface area contributed by atoms with E-state index >= 15 is 0 Å². The van der Waals surface area contributed by atoms with Crippen LogP contribution in [0, 0.1) is 0 Å². The summed E-state index contributed by atoms with van der Waals surface area (Å²) in [6.07, 6.45) is 7.19. The molecule has 0 radical (unpaired) electrons. The monoisotopic (exact) mass is 273 g/mol. The molecule has 2 N–H and O–H groups in total. The number of amides is 1. The molecule has 20 heavy (non-hydrogen) atoms. The molecule has 3 nitrogen and oxygen atoms in total. The molecule has 3 rings (SSSR count). The molecule has 108 valence electrons. The highest BCUT2D eigenvalue weighted by Crippen LogP contribution is 2.39. The second-order valence-corrected chi connectivity index (χ2v) is 6.27. The second-order valence-electron chi connectivity index (χ2n) is 6.27. The third-order valence-corrected chi connectivity index (χ3v) is 5.17. The smallest absolute Gasteiger partial charge is 0.227 e. The Morgan fingerprint density at radius 3 is 2.85 bits per heavy atom. The van der Waals surface area contributed by atoms with Crippen LogP contribution in [-0.2, 0) is 11.2 Å². The van der Waals surface area contributed by atoms with Gasteiger partial charge >= 0.3 is 0 Å². The Bertz CT molecular complexity index is 514. The molecule has 0 heterocycles. The summed E-state index contributed by atoms with van der Waals surface area (Å²) in [7, 11) is 0. The Labute approximate surface area is 120 Å². The Hall–Kier alpha value is -1.51. The minimum absolute atomic E-state index is 0.0471. The fourth-order valence-corrected chi connectivity index (χ4v) is 3.62. The molecule has 2 aliphatic rings. The quantitative estimate of drug-likeness (QED) is 0.888. The first kappa shape index (κ1) is 13.5. The first-order valence-electron chi connectivity index (χ1n) is 7.78. The van der Waals surface area contributed by atoms with Crippen LogP contribution in [0.1, 0.15) is 62.5 Å². The fourth-order valence-electron chi connectivity index (χ4n) is 3.62. The maximum absolute atomic E-state index is 12.6. The molecule has 0 aromatic heterocycles. The summed E-state index contributed by atoms with van der Waals surface area (Å²) in [6, 6.07) is 5.56. The van der Waals surface area contributed by atoms with Crippen molar-refractivity contribution in [3.63, 3.8) is 0 Å². The molecule has 1 saturated carbocycles. The molecular weight excluding hydrogens is 250 g/mol. The lowest BCUT2D eigenvalue weighted by atomic mass is 9.73. The van der Waals surface area contributed by atoms with Crippen LogP contribution in [0.15, 0.2) is 18.2 Å². The van der Waals surface area contributed by atoms with Crippen LogP contribution in [0.3, 0.4) is 0 Å². The average Bonchev–Trinajstić information content (AvgIpc) is 2.42. The zero-order valence-electron chi connectivity index (χ0n) is 12.1. The Kier molecular flexibility index (Phi) is 3.45. The van der Waals surface area contributed by atoms with Crippen molar-refractivity contribution in [1.82, 2.24) is 5.32 Å². The van der Waals surface area contributed by atoms with Gasteiger partial charge in [-0.15, -0.1) is 0 Å². The zero-order valence-corrected chi connectivity index (χ0v) is 12.1. The van der Waals surface area contributed by atoms with Gasteiger partial charge in [0.2, 0.25) is 5.91 Å². The minimum Gasteiger partial charge on any atom is -0.508 e. The fraction of sp³-hybridized carbons (Fsp3) is 0.588. The number of nitrogens with one attached hydrogen (secondary N) is 1. The predicted octanol–water partition coefficient (Wildman–Crippen LogP) is 3.26. The molecule has 0 spiro atoms. The zero-order chi connectivity index (χ0) is 14.2. The lowest BCUT2D eigenvalue weighted by Crippen LogP contribution is -2.54. The summed E-state index contributed by atoms with van der Waals surface area (Å²) in [4.78, 5) is 12.6. The van der Waals surface area contributed by atoms with Crippen molar-refractivity contribution in [2.45, 2.75) is 63.3 Å². The largest absolute Gasteiger partial charge is 0.508 e. The van der Waals surface area contributed by atoms with Crippen molar-refractivity contribution in [3.8, 4) is 5.75 Å². The van der Waals surface area contributed by atoms with Gasteiger partial charge in [-0.2, -0.15) is 0 Å². The summed E-state index contributed by atoms with van der Waals surface area (Å²) < 4.78 is 0. The summed E-state index contributed by atoms with van der Waals surface area (Å²) in [6.45, 7) is 2.15. The Balaban J connectivity index is 1.82. The molecule has 0 aliphatic heterocycles. The van der Waals surface area contributed by atoms with Crippen LogP contribution in [0.5, 0.6) is 5.75 Å². The van der Waals surface area contributed by atoms with Crippen LogP contribution >= 0.6 is 0 Å². The number of phenols is 1. The molecule has 0 bridgehead atoms. The van der Waals surface area contributed by atoms with Gasteiger partial charge in [-0.25, -0.2) is 0 Å². The molecule has 1 unspecified atom stereocenters. The molecule has 0 saturated heterocycles. The maximum Gasteiger partial charge on any atom is 0.227 e. The van der Waals surface area contributed by atoms with Gasteiger partial charge in [0.1, 0.15) is 5.75 Å². The molecule has 3 heteroatoms. The van der Waals surface area contributed by atoms with E-state index in [-0.39, 0.29) is 17.4 Å². The van der Waals surface area contributed by atoms with Gasteiger partial charge in [-0.1, -0.05) is 19.1 Å². The van der Waals surface area contributed by atoms with Gasteiger partial charge in [0.15, 0.2) is 0 Å². The summed E-state index contributed by atoms with van der Waals surface area (Å²) >= 11 is 0. The van der Waals surface area contributed by atoms with Crippen molar-refractivity contribution in [2.75, 3.05) is 0 Å².